The lowest BCUT2D eigenvalue weighted by molar-refractivity contribution is -0.125. The van der Waals surface area contributed by atoms with E-state index < -0.39 is 5.92 Å². The summed E-state index contributed by atoms with van der Waals surface area (Å²) in [5.74, 6) is -0.125. The third kappa shape index (κ3) is 6.38. The van der Waals surface area contributed by atoms with Crippen LogP contribution in [0.1, 0.15) is 50.2 Å². The van der Waals surface area contributed by atoms with Crippen LogP contribution in [0.25, 0.3) is 5.65 Å². The van der Waals surface area contributed by atoms with E-state index >= 15 is 0 Å². The molecule has 0 spiro atoms. The number of carbonyl (C=O) groups excluding carboxylic acids is 3. The van der Waals surface area contributed by atoms with E-state index in [-0.39, 0.29) is 48.9 Å². The Hall–Kier alpha value is -5.27. The normalized spacial score (nSPS) is 18.7. The molecule has 3 amide bonds. The van der Waals surface area contributed by atoms with E-state index in [9.17, 15) is 14.4 Å². The number of benzene rings is 1. The SMILES string of the molecule is Cc1cc(C(=O)N2C[C@@H]3C(=O)NCCN(C(=O)c4cnc5ccnn5c4C)CCCOc4cccc(c4)[C@H]3C2)no1.O=CO. The average Bonchev–Trinajstić information content (AvgIpc) is 3.78. The Morgan fingerprint density at radius 1 is 1.07 bits per heavy atom. The first kappa shape index (κ1) is 30.2. The van der Waals surface area contributed by atoms with E-state index in [4.69, 9.17) is 19.2 Å². The van der Waals surface area contributed by atoms with Crippen molar-refractivity contribution in [1.29, 1.82) is 0 Å². The van der Waals surface area contributed by atoms with Crippen LogP contribution in [0.3, 0.4) is 0 Å². The topological polar surface area (TPSA) is 172 Å². The number of hydrogen-bond acceptors (Lipinski definition) is 9. The standard InChI is InChI=1S/C29H31N7O5.CH2O2/c1-18-13-25(33-41-18)29(39)35-16-23-20-5-3-6-21(14-20)40-12-4-10-34(11-9-30-27(37)24(23)17-35)28(38)22-15-31-26-7-8-32-36(26)19(22)2;2-1-3/h3,5-8,13-15,23-24H,4,9-12,16-17H2,1-2H3,(H,30,37);1H,(H,2,3)/t23-,24+;/m1./s1. The number of carboxylic acid groups (broad SMARTS) is 1. The highest BCUT2D eigenvalue weighted by Gasteiger charge is 2.41. The van der Waals surface area contributed by atoms with Crippen molar-refractivity contribution in [3.05, 3.63) is 77.1 Å². The van der Waals surface area contributed by atoms with Crippen molar-refractivity contribution < 1.29 is 33.5 Å². The fraction of sp³-hybridized carbons (Fsp3) is 0.367. The molecule has 0 saturated carbocycles. The van der Waals surface area contributed by atoms with Gasteiger partial charge in [0.05, 0.1) is 30.0 Å². The molecule has 1 aromatic carbocycles. The average molecular weight is 604 g/mol. The molecule has 2 aliphatic rings. The number of aromatic nitrogens is 4. The van der Waals surface area contributed by atoms with E-state index in [1.165, 1.54) is 0 Å². The Kier molecular flexibility index (Phi) is 9.17. The maximum atomic E-state index is 13.6. The van der Waals surface area contributed by atoms with Crippen molar-refractivity contribution in [3.63, 3.8) is 0 Å². The van der Waals surface area contributed by atoms with Gasteiger partial charge in [-0.2, -0.15) is 5.10 Å². The lowest BCUT2D eigenvalue weighted by Crippen LogP contribution is -2.42. The summed E-state index contributed by atoms with van der Waals surface area (Å²) >= 11 is 0. The molecule has 0 radical (unpaired) electrons. The zero-order valence-electron chi connectivity index (χ0n) is 24.4. The second-order valence-electron chi connectivity index (χ2n) is 10.6. The molecule has 1 saturated heterocycles. The summed E-state index contributed by atoms with van der Waals surface area (Å²) in [5.41, 5.74) is 2.97. The maximum absolute atomic E-state index is 13.6. The number of hydrogen-bond donors (Lipinski definition) is 2. The van der Waals surface area contributed by atoms with Crippen molar-refractivity contribution in [2.24, 2.45) is 5.92 Å². The van der Waals surface area contributed by atoms with Gasteiger partial charge in [-0.3, -0.25) is 19.2 Å². The van der Waals surface area contributed by atoms with Crippen LogP contribution in [0.5, 0.6) is 5.75 Å². The molecule has 230 valence electrons. The van der Waals surface area contributed by atoms with Crippen molar-refractivity contribution in [1.82, 2.24) is 34.9 Å². The molecule has 1 fully saturated rings. The third-order valence-electron chi connectivity index (χ3n) is 7.77. The number of carbonyl (C=O) groups is 4. The van der Waals surface area contributed by atoms with E-state index in [0.29, 0.717) is 61.1 Å². The van der Waals surface area contributed by atoms with Crippen molar-refractivity contribution >= 4 is 29.8 Å². The van der Waals surface area contributed by atoms with Crippen LogP contribution in [-0.4, -0.2) is 98.2 Å². The van der Waals surface area contributed by atoms with Crippen LogP contribution in [0, 0.1) is 19.8 Å². The molecule has 2 aliphatic heterocycles. The van der Waals surface area contributed by atoms with Gasteiger partial charge in [0.2, 0.25) is 5.91 Å². The summed E-state index contributed by atoms with van der Waals surface area (Å²) < 4.78 is 12.8. The maximum Gasteiger partial charge on any atom is 0.290 e. The largest absolute Gasteiger partial charge is 0.494 e. The smallest absolute Gasteiger partial charge is 0.290 e. The van der Waals surface area contributed by atoms with Gasteiger partial charge < -0.3 is 29.5 Å². The second kappa shape index (κ2) is 13.4. The van der Waals surface area contributed by atoms with Gasteiger partial charge in [0.1, 0.15) is 11.5 Å². The molecule has 0 unspecified atom stereocenters. The van der Waals surface area contributed by atoms with Crippen molar-refractivity contribution in [2.75, 3.05) is 39.3 Å². The summed E-state index contributed by atoms with van der Waals surface area (Å²) in [6.07, 6.45) is 3.82. The molecule has 2 atom stereocenters. The molecular weight excluding hydrogens is 570 g/mol. The number of likely N-dealkylation sites (tertiary alicyclic amines) is 1. The van der Waals surface area contributed by atoms with Crippen molar-refractivity contribution in [2.45, 2.75) is 26.2 Å². The Morgan fingerprint density at radius 3 is 2.64 bits per heavy atom. The molecule has 2 bridgehead atoms. The molecule has 6 rings (SSSR count). The molecule has 14 nitrogen and oxygen atoms in total. The second-order valence-corrected chi connectivity index (χ2v) is 10.6. The predicted molar refractivity (Wildman–Crippen MR) is 155 cm³/mol. The number of amides is 3. The molecule has 4 aromatic rings. The van der Waals surface area contributed by atoms with E-state index in [1.807, 2.05) is 31.2 Å². The summed E-state index contributed by atoms with van der Waals surface area (Å²) in [7, 11) is 0. The first-order valence-corrected chi connectivity index (χ1v) is 14.2. The molecule has 0 aliphatic carbocycles. The number of rotatable bonds is 2. The van der Waals surface area contributed by atoms with E-state index in [0.717, 1.165) is 5.56 Å². The number of ether oxygens (including phenoxy) is 1. The van der Waals surface area contributed by atoms with Gasteiger partial charge in [0.15, 0.2) is 11.3 Å². The van der Waals surface area contributed by atoms with Crippen molar-refractivity contribution in [3.8, 4) is 5.75 Å². The van der Waals surface area contributed by atoms with Crippen LogP contribution in [0.2, 0.25) is 0 Å². The van der Waals surface area contributed by atoms with Crippen LogP contribution < -0.4 is 10.1 Å². The zero-order valence-corrected chi connectivity index (χ0v) is 24.4. The number of fused-ring (bicyclic) bond motifs is 5. The minimum absolute atomic E-state index is 0.173. The highest BCUT2D eigenvalue weighted by atomic mass is 16.5. The van der Waals surface area contributed by atoms with E-state index in [2.05, 4.69) is 20.6 Å². The lowest BCUT2D eigenvalue weighted by Gasteiger charge is -2.25. The first-order chi connectivity index (χ1) is 21.3. The van der Waals surface area contributed by atoms with Crippen LogP contribution in [-0.2, 0) is 9.59 Å². The minimum Gasteiger partial charge on any atom is -0.494 e. The molecule has 5 heterocycles. The van der Waals surface area contributed by atoms with Gasteiger partial charge in [0, 0.05) is 57.0 Å². The summed E-state index contributed by atoms with van der Waals surface area (Å²) in [6, 6.07) is 11.0. The lowest BCUT2D eigenvalue weighted by atomic mass is 9.88. The quantitative estimate of drug-likeness (QED) is 0.323. The summed E-state index contributed by atoms with van der Waals surface area (Å²) in [4.78, 5) is 56.4. The third-order valence-corrected chi connectivity index (χ3v) is 7.77. The predicted octanol–water partition coefficient (Wildman–Crippen LogP) is 1.93. The number of nitrogens with one attached hydrogen (secondary N) is 1. The zero-order chi connectivity index (χ0) is 31.2. The molecule has 44 heavy (non-hydrogen) atoms. The summed E-state index contributed by atoms with van der Waals surface area (Å²) in [6.45, 7) is 5.35. The first-order valence-electron chi connectivity index (χ1n) is 14.2. The Balaban J connectivity index is 0.00000123. The highest BCUT2D eigenvalue weighted by molar-refractivity contribution is 5.95. The van der Waals surface area contributed by atoms with Gasteiger partial charge in [0.25, 0.3) is 18.3 Å². The van der Waals surface area contributed by atoms with Gasteiger partial charge in [-0.05, 0) is 38.0 Å². The number of nitrogens with zero attached hydrogens (tertiary/aromatic N) is 6. The summed E-state index contributed by atoms with van der Waals surface area (Å²) in [5, 5.41) is 18.1. The Morgan fingerprint density at radius 2 is 1.86 bits per heavy atom. The van der Waals surface area contributed by atoms with Gasteiger partial charge >= 0.3 is 0 Å². The molecule has 14 heteroatoms. The van der Waals surface area contributed by atoms with Crippen LogP contribution in [0.15, 0.2) is 53.3 Å². The minimum atomic E-state index is -0.483. The Labute approximate surface area is 252 Å². The number of aryl methyl sites for hydroxylation is 2. The molecule has 3 aromatic heterocycles. The van der Waals surface area contributed by atoms with Crippen LogP contribution >= 0.6 is 0 Å². The monoisotopic (exact) mass is 603 g/mol. The van der Waals surface area contributed by atoms with Gasteiger partial charge in [-0.1, -0.05) is 17.3 Å². The van der Waals surface area contributed by atoms with Crippen LogP contribution in [0.4, 0.5) is 0 Å². The van der Waals surface area contributed by atoms with Gasteiger partial charge in [-0.15, -0.1) is 0 Å². The fourth-order valence-corrected chi connectivity index (χ4v) is 5.61. The fourth-order valence-electron chi connectivity index (χ4n) is 5.61. The Bertz CT molecular complexity index is 1670. The van der Waals surface area contributed by atoms with E-state index in [1.54, 1.807) is 45.8 Å². The molecular formula is C30H33N7O7. The highest BCUT2D eigenvalue weighted by Crippen LogP contribution is 2.35. The molecule has 2 N–H and O–H groups in total. The van der Waals surface area contributed by atoms with Gasteiger partial charge in [-0.25, -0.2) is 9.50 Å².